The maximum absolute atomic E-state index is 11.2. The number of rotatable bonds is 8. The summed E-state index contributed by atoms with van der Waals surface area (Å²) >= 11 is 0. The summed E-state index contributed by atoms with van der Waals surface area (Å²) in [6.07, 6.45) is 1.14. The summed E-state index contributed by atoms with van der Waals surface area (Å²) in [7, 11) is 0. The van der Waals surface area contributed by atoms with Gasteiger partial charge in [-0.05, 0) is 30.4 Å². The predicted octanol–water partition coefficient (Wildman–Crippen LogP) is 5.01. The summed E-state index contributed by atoms with van der Waals surface area (Å²) in [6.45, 7) is 10.1. The van der Waals surface area contributed by atoms with Crippen molar-refractivity contribution in [1.29, 1.82) is 0 Å². The third kappa shape index (κ3) is 6.02. The van der Waals surface area contributed by atoms with E-state index in [0.717, 1.165) is 60.9 Å². The highest BCUT2D eigenvalue weighted by Crippen LogP contribution is 2.29. The molecule has 6 nitrogen and oxygen atoms in total. The lowest BCUT2D eigenvalue weighted by Gasteiger charge is -2.42. The number of carboxylic acids is 1. The average molecular weight is 448 g/mol. The third-order valence-electron chi connectivity index (χ3n) is 6.12. The molecule has 33 heavy (non-hydrogen) atoms. The van der Waals surface area contributed by atoms with Crippen LogP contribution in [-0.2, 0) is 17.8 Å². The lowest BCUT2D eigenvalue weighted by molar-refractivity contribution is -0.136. The monoisotopic (exact) mass is 447 g/mol. The first-order valence-corrected chi connectivity index (χ1v) is 11.7. The molecule has 0 aliphatic carbocycles. The Bertz CT molecular complexity index is 1080. The van der Waals surface area contributed by atoms with Crippen LogP contribution in [0, 0.1) is 12.8 Å². The van der Waals surface area contributed by atoms with Gasteiger partial charge in [-0.2, -0.15) is 0 Å². The van der Waals surface area contributed by atoms with Crippen molar-refractivity contribution in [3.63, 3.8) is 0 Å². The molecule has 1 saturated heterocycles. The van der Waals surface area contributed by atoms with E-state index in [4.69, 9.17) is 4.52 Å². The van der Waals surface area contributed by atoms with Crippen molar-refractivity contribution >= 4 is 11.8 Å². The van der Waals surface area contributed by atoms with E-state index in [-0.39, 0.29) is 6.42 Å². The predicted molar refractivity (Wildman–Crippen MR) is 130 cm³/mol. The molecule has 0 unspecified atom stereocenters. The Kier molecular flexibility index (Phi) is 7.14. The van der Waals surface area contributed by atoms with Gasteiger partial charge >= 0.3 is 5.97 Å². The van der Waals surface area contributed by atoms with Crippen molar-refractivity contribution in [3.05, 3.63) is 71.3 Å². The van der Waals surface area contributed by atoms with Gasteiger partial charge in [-0.3, -0.25) is 9.69 Å². The molecule has 2 aromatic carbocycles. The summed E-state index contributed by atoms with van der Waals surface area (Å²) in [5.41, 5.74) is 4.19. The van der Waals surface area contributed by atoms with Gasteiger partial charge in [0.25, 0.3) is 0 Å². The molecule has 0 amide bonds. The molecule has 1 aliphatic rings. The largest absolute Gasteiger partial charge is 0.481 e. The van der Waals surface area contributed by atoms with Crippen LogP contribution in [0.4, 0.5) is 5.82 Å². The van der Waals surface area contributed by atoms with Gasteiger partial charge in [0, 0.05) is 43.9 Å². The van der Waals surface area contributed by atoms with Crippen LogP contribution in [0.15, 0.2) is 59.1 Å². The van der Waals surface area contributed by atoms with E-state index in [9.17, 15) is 9.90 Å². The van der Waals surface area contributed by atoms with Gasteiger partial charge in [0.15, 0.2) is 11.6 Å². The average Bonchev–Trinajstić information content (AvgIpc) is 3.23. The van der Waals surface area contributed by atoms with Crippen molar-refractivity contribution < 1.29 is 14.4 Å². The fourth-order valence-corrected chi connectivity index (χ4v) is 4.82. The highest BCUT2D eigenvalue weighted by Gasteiger charge is 2.30. The van der Waals surface area contributed by atoms with Crippen LogP contribution in [0.25, 0.3) is 11.3 Å². The number of hydrogen-bond donors (Lipinski definition) is 1. The SMILES string of the molecule is Cc1cc(CC(=O)O)cc(CN2CCN(c3cc(-c4ccccc4)on3)[C@H](CC(C)C)C2)c1. The molecule has 174 valence electrons. The van der Waals surface area contributed by atoms with Gasteiger partial charge in [-0.15, -0.1) is 0 Å². The Hall–Kier alpha value is -3.12. The van der Waals surface area contributed by atoms with Crippen LogP contribution in [0.5, 0.6) is 0 Å². The number of hydrogen-bond acceptors (Lipinski definition) is 5. The number of nitrogens with zero attached hydrogens (tertiary/aromatic N) is 3. The second kappa shape index (κ2) is 10.2. The van der Waals surface area contributed by atoms with Crippen molar-refractivity contribution in [2.45, 2.75) is 46.2 Å². The highest BCUT2D eigenvalue weighted by molar-refractivity contribution is 5.70. The van der Waals surface area contributed by atoms with Crippen molar-refractivity contribution in [1.82, 2.24) is 10.1 Å². The molecular weight excluding hydrogens is 414 g/mol. The van der Waals surface area contributed by atoms with E-state index in [1.165, 1.54) is 5.56 Å². The second-order valence-electron chi connectivity index (χ2n) is 9.52. The molecule has 1 N–H and O–H groups in total. The molecule has 1 fully saturated rings. The molecule has 6 heteroatoms. The fraction of sp³-hybridized carbons (Fsp3) is 0.407. The van der Waals surface area contributed by atoms with Crippen LogP contribution in [0.3, 0.4) is 0 Å². The minimum Gasteiger partial charge on any atom is -0.481 e. The van der Waals surface area contributed by atoms with Crippen LogP contribution in [-0.4, -0.2) is 46.8 Å². The van der Waals surface area contributed by atoms with Crippen LogP contribution < -0.4 is 4.90 Å². The number of aryl methyl sites for hydroxylation is 1. The van der Waals surface area contributed by atoms with Gasteiger partial charge in [0.05, 0.1) is 6.42 Å². The number of anilines is 1. The van der Waals surface area contributed by atoms with E-state index in [0.29, 0.717) is 12.0 Å². The first kappa shape index (κ1) is 23.1. The van der Waals surface area contributed by atoms with Crippen LogP contribution in [0.2, 0.25) is 0 Å². The highest BCUT2D eigenvalue weighted by atomic mass is 16.5. The summed E-state index contributed by atoms with van der Waals surface area (Å²) in [5.74, 6) is 1.47. The molecule has 0 saturated carbocycles. The molecule has 3 aromatic rings. The Labute approximate surface area is 195 Å². The number of carboxylic acid groups (broad SMARTS) is 1. The third-order valence-corrected chi connectivity index (χ3v) is 6.12. The Morgan fingerprint density at radius 2 is 1.88 bits per heavy atom. The van der Waals surface area contributed by atoms with E-state index in [1.807, 2.05) is 49.4 Å². The number of aliphatic carboxylic acids is 1. The zero-order chi connectivity index (χ0) is 23.4. The number of benzene rings is 2. The smallest absolute Gasteiger partial charge is 0.307 e. The zero-order valence-corrected chi connectivity index (χ0v) is 19.7. The first-order chi connectivity index (χ1) is 15.9. The summed E-state index contributed by atoms with van der Waals surface area (Å²) in [6, 6.07) is 18.6. The van der Waals surface area contributed by atoms with E-state index >= 15 is 0 Å². The number of piperazine rings is 1. The van der Waals surface area contributed by atoms with Gasteiger partial charge in [-0.1, -0.05) is 73.1 Å². The van der Waals surface area contributed by atoms with Gasteiger partial charge in [-0.25, -0.2) is 0 Å². The molecule has 2 heterocycles. The summed E-state index contributed by atoms with van der Waals surface area (Å²) in [5, 5.41) is 13.6. The molecular formula is C27H33N3O3. The molecule has 1 aliphatic heterocycles. The number of aromatic nitrogens is 1. The zero-order valence-electron chi connectivity index (χ0n) is 19.7. The van der Waals surface area contributed by atoms with Crippen molar-refractivity contribution in [2.24, 2.45) is 5.92 Å². The minimum absolute atomic E-state index is 0.0638. The molecule has 4 rings (SSSR count). The molecule has 0 spiro atoms. The van der Waals surface area contributed by atoms with Crippen LogP contribution >= 0.6 is 0 Å². The lowest BCUT2D eigenvalue weighted by atomic mass is 9.99. The minimum atomic E-state index is -0.792. The molecule has 0 radical (unpaired) electrons. The number of carbonyl (C=O) groups is 1. The Morgan fingerprint density at radius 1 is 1.12 bits per heavy atom. The van der Waals surface area contributed by atoms with Crippen LogP contribution in [0.1, 0.15) is 37.0 Å². The van der Waals surface area contributed by atoms with Gasteiger partial charge in [0.1, 0.15) is 0 Å². The van der Waals surface area contributed by atoms with Gasteiger partial charge in [0.2, 0.25) is 0 Å². The second-order valence-corrected chi connectivity index (χ2v) is 9.52. The van der Waals surface area contributed by atoms with E-state index in [1.54, 1.807) is 0 Å². The lowest BCUT2D eigenvalue weighted by Crippen LogP contribution is -2.53. The normalized spacial score (nSPS) is 17.0. The fourth-order valence-electron chi connectivity index (χ4n) is 4.82. The maximum Gasteiger partial charge on any atom is 0.307 e. The Balaban J connectivity index is 1.49. The van der Waals surface area contributed by atoms with E-state index < -0.39 is 5.97 Å². The molecule has 1 atom stereocenters. The standard InChI is InChI=1S/C27H33N3O3/c1-19(2)11-24-18-29(17-22-13-20(3)12-21(14-22)15-27(31)32)9-10-30(24)26-16-25(33-28-26)23-7-5-4-6-8-23/h4-8,12-14,16,19,24H,9-11,15,17-18H2,1-3H3,(H,31,32)/t24-/m1/s1. The van der Waals surface area contributed by atoms with Gasteiger partial charge < -0.3 is 14.5 Å². The topological polar surface area (TPSA) is 69.8 Å². The molecule has 1 aromatic heterocycles. The maximum atomic E-state index is 11.2. The quantitative estimate of drug-likeness (QED) is 0.523. The first-order valence-electron chi connectivity index (χ1n) is 11.7. The summed E-state index contributed by atoms with van der Waals surface area (Å²) < 4.78 is 5.68. The van der Waals surface area contributed by atoms with Crippen molar-refractivity contribution in [3.8, 4) is 11.3 Å². The van der Waals surface area contributed by atoms with E-state index in [2.05, 4.69) is 40.9 Å². The molecule has 0 bridgehead atoms. The van der Waals surface area contributed by atoms with Crippen molar-refractivity contribution in [2.75, 3.05) is 24.5 Å². The summed E-state index contributed by atoms with van der Waals surface area (Å²) in [4.78, 5) is 16.0. The Morgan fingerprint density at radius 3 is 2.61 bits per heavy atom.